The van der Waals surface area contributed by atoms with E-state index in [1.807, 2.05) is 23.9 Å². The van der Waals surface area contributed by atoms with Gasteiger partial charge in [-0.2, -0.15) is 11.8 Å². The normalized spacial score (nSPS) is 21.4. The molecule has 0 N–H and O–H groups in total. The number of rotatable bonds is 9. The molecule has 1 saturated carbocycles. The first kappa shape index (κ1) is 23.4. The molecule has 0 amide bonds. The van der Waals surface area contributed by atoms with Gasteiger partial charge in [0.2, 0.25) is 0 Å². The molecule has 2 aromatic rings. The minimum atomic E-state index is -0.141. The van der Waals surface area contributed by atoms with Gasteiger partial charge in [-0.1, -0.05) is 43.0 Å². The van der Waals surface area contributed by atoms with Crippen LogP contribution in [0.4, 0.5) is 0 Å². The van der Waals surface area contributed by atoms with Crippen LogP contribution in [0.2, 0.25) is 10.0 Å². The van der Waals surface area contributed by atoms with Crippen molar-refractivity contribution >= 4 is 46.5 Å². The Morgan fingerprint density at radius 2 is 1.53 bits per heavy atom. The van der Waals surface area contributed by atoms with Crippen molar-refractivity contribution in [2.24, 2.45) is 11.8 Å². The molecule has 5 heteroatoms. The van der Waals surface area contributed by atoms with Gasteiger partial charge in [0.25, 0.3) is 0 Å². The van der Waals surface area contributed by atoms with Crippen LogP contribution in [0.5, 0.6) is 0 Å². The minimum absolute atomic E-state index is 0.0595. The van der Waals surface area contributed by atoms with Gasteiger partial charge in [0.15, 0.2) is 11.6 Å². The average Bonchev–Trinajstić information content (AvgIpc) is 2.74. The lowest BCUT2D eigenvalue weighted by molar-refractivity contribution is 0.0793. The van der Waals surface area contributed by atoms with E-state index in [9.17, 15) is 9.59 Å². The number of Topliss-reactive ketones (excluding diaryl/α,β-unsaturated/α-hetero) is 2. The summed E-state index contributed by atoms with van der Waals surface area (Å²) in [6.07, 6.45) is 5.70. The Labute approximate surface area is 193 Å². The number of halogens is 2. The van der Waals surface area contributed by atoms with Crippen molar-refractivity contribution in [3.63, 3.8) is 0 Å². The molecule has 0 saturated heterocycles. The Morgan fingerprint density at radius 3 is 2.13 bits per heavy atom. The van der Waals surface area contributed by atoms with Crippen molar-refractivity contribution in [2.75, 3.05) is 5.75 Å². The van der Waals surface area contributed by atoms with Crippen LogP contribution in [0, 0.1) is 11.8 Å². The summed E-state index contributed by atoms with van der Waals surface area (Å²) in [5.41, 5.74) is 1.36. The van der Waals surface area contributed by atoms with Crippen molar-refractivity contribution < 1.29 is 9.59 Å². The Balaban J connectivity index is 1.82. The first-order valence-electron chi connectivity index (χ1n) is 10.7. The number of hydrogen-bond acceptors (Lipinski definition) is 3. The third-order valence-corrected chi connectivity index (χ3v) is 7.83. The van der Waals surface area contributed by atoms with Crippen LogP contribution >= 0.6 is 35.0 Å². The molecular weight excluding hydrogens is 435 g/mol. The monoisotopic (exact) mass is 462 g/mol. The van der Waals surface area contributed by atoms with Gasteiger partial charge in [0, 0.05) is 38.8 Å². The number of carbonyl (C=O) groups excluding carboxylic acids is 2. The van der Waals surface area contributed by atoms with E-state index in [-0.39, 0.29) is 28.7 Å². The highest BCUT2D eigenvalue weighted by molar-refractivity contribution is 7.99. The Bertz CT molecular complexity index is 848. The third-order valence-electron chi connectivity index (χ3n) is 5.85. The molecule has 2 aromatic carbocycles. The van der Waals surface area contributed by atoms with E-state index in [0.717, 1.165) is 37.9 Å². The molecule has 0 heterocycles. The fraction of sp³-hybridized carbons (Fsp3) is 0.440. The van der Waals surface area contributed by atoms with Crippen LogP contribution in [0.25, 0.3) is 0 Å². The van der Waals surface area contributed by atoms with E-state index in [1.165, 1.54) is 0 Å². The molecule has 0 aromatic heterocycles. The van der Waals surface area contributed by atoms with E-state index in [2.05, 4.69) is 6.92 Å². The molecule has 0 bridgehead atoms. The molecule has 3 atom stereocenters. The summed E-state index contributed by atoms with van der Waals surface area (Å²) >= 11 is 13.9. The van der Waals surface area contributed by atoms with Crippen molar-refractivity contribution in [2.45, 2.75) is 50.7 Å². The molecule has 1 aliphatic carbocycles. The number of thioether (sulfide) groups is 1. The number of carbonyl (C=O) groups is 2. The smallest absolute Gasteiger partial charge is 0.167 e. The zero-order chi connectivity index (χ0) is 21.5. The Hall–Kier alpha value is -1.29. The van der Waals surface area contributed by atoms with E-state index >= 15 is 0 Å². The summed E-state index contributed by atoms with van der Waals surface area (Å²) in [6.45, 7) is 2.19. The van der Waals surface area contributed by atoms with Gasteiger partial charge >= 0.3 is 0 Å². The number of hydrogen-bond donors (Lipinski definition) is 0. The fourth-order valence-corrected chi connectivity index (χ4v) is 6.12. The predicted molar refractivity (Wildman–Crippen MR) is 128 cm³/mol. The van der Waals surface area contributed by atoms with E-state index in [4.69, 9.17) is 23.2 Å². The van der Waals surface area contributed by atoms with E-state index < -0.39 is 0 Å². The summed E-state index contributed by atoms with van der Waals surface area (Å²) in [7, 11) is 0. The SMILES string of the molecule is CCCCS[C@@H]1CCC[C@H](CC(=O)c2ccc(Cl)cc2)[C@H]1C(=O)c1ccc(Cl)cc1. The van der Waals surface area contributed by atoms with Crippen molar-refractivity contribution in [3.05, 3.63) is 69.7 Å². The lowest BCUT2D eigenvalue weighted by Gasteiger charge is -2.37. The maximum absolute atomic E-state index is 13.5. The van der Waals surface area contributed by atoms with Crippen LogP contribution in [0.1, 0.15) is 66.2 Å². The first-order valence-corrected chi connectivity index (χ1v) is 12.5. The zero-order valence-corrected chi connectivity index (χ0v) is 19.6. The molecule has 0 spiro atoms. The van der Waals surface area contributed by atoms with Gasteiger partial charge in [-0.3, -0.25) is 9.59 Å². The molecule has 3 rings (SSSR count). The van der Waals surface area contributed by atoms with Crippen LogP contribution in [-0.2, 0) is 0 Å². The molecule has 2 nitrogen and oxygen atoms in total. The topological polar surface area (TPSA) is 34.1 Å². The van der Waals surface area contributed by atoms with E-state index in [0.29, 0.717) is 27.6 Å². The minimum Gasteiger partial charge on any atom is -0.294 e. The van der Waals surface area contributed by atoms with Crippen molar-refractivity contribution in [1.29, 1.82) is 0 Å². The lowest BCUT2D eigenvalue weighted by Crippen LogP contribution is -2.38. The maximum Gasteiger partial charge on any atom is 0.167 e. The molecule has 1 aliphatic rings. The van der Waals surface area contributed by atoms with Gasteiger partial charge < -0.3 is 0 Å². The van der Waals surface area contributed by atoms with Crippen LogP contribution in [-0.4, -0.2) is 22.6 Å². The second-order valence-electron chi connectivity index (χ2n) is 7.98. The number of benzene rings is 2. The Morgan fingerprint density at radius 1 is 0.933 bits per heavy atom. The third kappa shape index (κ3) is 6.12. The number of ketones is 2. The lowest BCUT2D eigenvalue weighted by atomic mass is 9.72. The highest BCUT2D eigenvalue weighted by atomic mass is 35.5. The molecule has 1 fully saturated rings. The molecule has 0 aliphatic heterocycles. The quantitative estimate of drug-likeness (QED) is 0.281. The predicted octanol–water partition coefficient (Wildman–Crippen LogP) is 7.77. The van der Waals surface area contributed by atoms with Crippen LogP contribution < -0.4 is 0 Å². The van der Waals surface area contributed by atoms with Crippen molar-refractivity contribution in [3.8, 4) is 0 Å². The largest absolute Gasteiger partial charge is 0.294 e. The molecular formula is C25H28Cl2O2S. The zero-order valence-electron chi connectivity index (χ0n) is 17.3. The Kier molecular flexibility index (Phi) is 8.85. The second kappa shape index (κ2) is 11.4. The summed E-state index contributed by atoms with van der Waals surface area (Å²) in [5.74, 6) is 1.21. The van der Waals surface area contributed by atoms with E-state index in [1.54, 1.807) is 36.4 Å². The molecule has 30 heavy (non-hydrogen) atoms. The van der Waals surface area contributed by atoms with Gasteiger partial charge in [-0.15, -0.1) is 0 Å². The summed E-state index contributed by atoms with van der Waals surface area (Å²) in [5, 5.41) is 1.50. The standard InChI is InChI=1S/C25H28Cl2O2S/c1-2-3-15-30-23-6-4-5-19(16-22(28)17-7-11-20(26)12-8-17)24(23)25(29)18-9-13-21(27)14-10-18/h7-14,19,23-24H,2-6,15-16H2,1H3/t19-,23-,24-/m1/s1. The summed E-state index contributed by atoms with van der Waals surface area (Å²) in [4.78, 5) is 26.5. The molecule has 160 valence electrons. The van der Waals surface area contributed by atoms with Crippen molar-refractivity contribution in [1.82, 2.24) is 0 Å². The summed E-state index contributed by atoms with van der Waals surface area (Å²) < 4.78 is 0. The maximum atomic E-state index is 13.5. The second-order valence-corrected chi connectivity index (χ2v) is 10.2. The molecule has 0 radical (unpaired) electrons. The fourth-order valence-electron chi connectivity index (χ4n) is 4.22. The average molecular weight is 463 g/mol. The highest BCUT2D eigenvalue weighted by Gasteiger charge is 2.39. The van der Waals surface area contributed by atoms with Crippen LogP contribution in [0.15, 0.2) is 48.5 Å². The first-order chi connectivity index (χ1) is 14.5. The van der Waals surface area contributed by atoms with Gasteiger partial charge in [-0.05, 0) is 79.5 Å². The van der Waals surface area contributed by atoms with Gasteiger partial charge in [0.1, 0.15) is 0 Å². The van der Waals surface area contributed by atoms with Gasteiger partial charge in [-0.25, -0.2) is 0 Å². The van der Waals surface area contributed by atoms with Gasteiger partial charge in [0.05, 0.1) is 0 Å². The number of unbranched alkanes of at least 4 members (excludes halogenated alkanes) is 1. The van der Waals surface area contributed by atoms with Crippen LogP contribution in [0.3, 0.4) is 0 Å². The highest BCUT2D eigenvalue weighted by Crippen LogP contribution is 2.41. The summed E-state index contributed by atoms with van der Waals surface area (Å²) in [6, 6.07) is 14.2. The molecule has 0 unspecified atom stereocenters.